The van der Waals surface area contributed by atoms with Gasteiger partial charge in [0.05, 0.1) is 22.8 Å². The minimum Gasteiger partial charge on any atom is -0.332 e. The second-order valence-electron chi connectivity index (χ2n) is 6.76. The van der Waals surface area contributed by atoms with Crippen molar-refractivity contribution in [3.8, 4) is 0 Å². The van der Waals surface area contributed by atoms with Crippen LogP contribution < -0.4 is 0 Å². The van der Waals surface area contributed by atoms with Crippen LogP contribution in [0.25, 0.3) is 10.2 Å². The highest BCUT2D eigenvalue weighted by atomic mass is 32.1. The minimum atomic E-state index is 0.168. The predicted octanol–water partition coefficient (Wildman–Crippen LogP) is 3.44. The van der Waals surface area contributed by atoms with Gasteiger partial charge in [-0.3, -0.25) is 9.69 Å². The highest BCUT2D eigenvalue weighted by Gasteiger charge is 2.33. The Kier molecular flexibility index (Phi) is 4.07. The molecule has 1 aromatic heterocycles. The van der Waals surface area contributed by atoms with Gasteiger partial charge in [0.25, 0.3) is 0 Å². The minimum absolute atomic E-state index is 0.168. The van der Waals surface area contributed by atoms with E-state index < -0.39 is 0 Å². The molecule has 2 aliphatic rings. The Morgan fingerprint density at radius 3 is 2.91 bits per heavy atom. The number of fused-ring (bicyclic) bond motifs is 1. The first-order valence-corrected chi connectivity index (χ1v) is 9.39. The van der Waals surface area contributed by atoms with Gasteiger partial charge in [-0.05, 0) is 51.3 Å². The molecular weight excluding hydrogens is 306 g/mol. The number of aromatic nitrogens is 1. The molecule has 5 heteroatoms. The maximum Gasteiger partial charge on any atom is 0.237 e. The number of likely N-dealkylation sites (N-methyl/N-ethyl adjacent to an activating group) is 1. The fourth-order valence-electron chi connectivity index (χ4n) is 3.47. The molecule has 2 aromatic rings. The van der Waals surface area contributed by atoms with Crippen molar-refractivity contribution in [2.75, 3.05) is 20.1 Å². The third kappa shape index (κ3) is 3.12. The third-order valence-corrected chi connectivity index (χ3v) is 6.11. The molecule has 4 rings (SSSR count). The summed E-state index contributed by atoms with van der Waals surface area (Å²) in [6.45, 7) is 1.42. The van der Waals surface area contributed by atoms with Crippen LogP contribution in [0.4, 0.5) is 0 Å². The van der Waals surface area contributed by atoms with E-state index in [0.717, 1.165) is 29.9 Å². The molecule has 0 bridgehead atoms. The second kappa shape index (κ2) is 6.21. The number of piperidine rings is 1. The van der Waals surface area contributed by atoms with E-state index in [1.54, 1.807) is 11.3 Å². The van der Waals surface area contributed by atoms with Crippen LogP contribution in [0.1, 0.15) is 43.2 Å². The topological polar surface area (TPSA) is 36.4 Å². The first-order chi connectivity index (χ1) is 11.2. The number of carbonyl (C=O) groups excluding carboxylic acids is 1. The lowest BCUT2D eigenvalue weighted by Crippen LogP contribution is -2.43. The zero-order chi connectivity index (χ0) is 15.8. The van der Waals surface area contributed by atoms with Crippen LogP contribution in [0.15, 0.2) is 24.3 Å². The molecule has 1 aromatic carbocycles. The smallest absolute Gasteiger partial charge is 0.237 e. The number of hydrogen-bond acceptors (Lipinski definition) is 4. The Hall–Kier alpha value is -1.46. The number of rotatable bonds is 4. The third-order valence-electron chi connectivity index (χ3n) is 4.97. The van der Waals surface area contributed by atoms with Gasteiger partial charge in [-0.15, -0.1) is 11.3 Å². The number of thiazole rings is 1. The zero-order valence-corrected chi connectivity index (χ0v) is 14.4. The number of nitrogens with zero attached hydrogens (tertiary/aromatic N) is 3. The van der Waals surface area contributed by atoms with E-state index in [1.165, 1.54) is 24.0 Å². The average molecular weight is 329 g/mol. The fraction of sp³-hybridized carbons (Fsp3) is 0.556. The Bertz CT molecular complexity index is 676. The molecule has 1 amide bonds. The van der Waals surface area contributed by atoms with Crippen LogP contribution in [0.5, 0.6) is 0 Å². The molecule has 0 radical (unpaired) electrons. The lowest BCUT2D eigenvalue weighted by atomic mass is 10.0. The van der Waals surface area contributed by atoms with Crippen molar-refractivity contribution in [1.29, 1.82) is 0 Å². The second-order valence-corrected chi connectivity index (χ2v) is 7.83. The molecule has 1 saturated carbocycles. The van der Waals surface area contributed by atoms with Gasteiger partial charge < -0.3 is 4.90 Å². The normalized spacial score (nSPS) is 22.0. The van der Waals surface area contributed by atoms with Crippen LogP contribution in [-0.4, -0.2) is 46.9 Å². The van der Waals surface area contributed by atoms with Crippen molar-refractivity contribution in [1.82, 2.24) is 14.8 Å². The molecule has 23 heavy (non-hydrogen) atoms. The van der Waals surface area contributed by atoms with Crippen LogP contribution in [-0.2, 0) is 4.79 Å². The van der Waals surface area contributed by atoms with Crippen LogP contribution in [0.3, 0.4) is 0 Å². The highest BCUT2D eigenvalue weighted by molar-refractivity contribution is 7.18. The van der Waals surface area contributed by atoms with Crippen LogP contribution >= 0.6 is 11.3 Å². The van der Waals surface area contributed by atoms with Crippen LogP contribution in [0.2, 0.25) is 0 Å². The monoisotopic (exact) mass is 329 g/mol. The summed E-state index contributed by atoms with van der Waals surface area (Å²) in [4.78, 5) is 21.9. The van der Waals surface area contributed by atoms with Gasteiger partial charge in [0.15, 0.2) is 0 Å². The molecule has 1 saturated heterocycles. The summed E-state index contributed by atoms with van der Waals surface area (Å²) in [5, 5.41) is 1.10. The Morgan fingerprint density at radius 1 is 1.30 bits per heavy atom. The van der Waals surface area contributed by atoms with Crippen molar-refractivity contribution in [3.05, 3.63) is 29.3 Å². The summed E-state index contributed by atoms with van der Waals surface area (Å²) in [5.74, 6) is 0.267. The molecular formula is C18H23N3OS. The number of benzene rings is 1. The van der Waals surface area contributed by atoms with E-state index >= 15 is 0 Å². The van der Waals surface area contributed by atoms with E-state index in [0.29, 0.717) is 12.6 Å². The van der Waals surface area contributed by atoms with Crippen molar-refractivity contribution < 1.29 is 4.79 Å². The molecule has 2 heterocycles. The Morgan fingerprint density at radius 2 is 2.13 bits per heavy atom. The van der Waals surface area contributed by atoms with E-state index in [4.69, 9.17) is 4.98 Å². The maximum atomic E-state index is 12.8. The fourth-order valence-corrected chi connectivity index (χ4v) is 4.58. The highest BCUT2D eigenvalue weighted by Crippen LogP contribution is 2.36. The first-order valence-electron chi connectivity index (χ1n) is 8.57. The van der Waals surface area contributed by atoms with Gasteiger partial charge in [0.2, 0.25) is 5.91 Å². The van der Waals surface area contributed by atoms with E-state index in [1.807, 2.05) is 6.07 Å². The molecule has 1 unspecified atom stereocenters. The number of hydrogen-bond donors (Lipinski definition) is 0. The van der Waals surface area contributed by atoms with Crippen LogP contribution in [0, 0.1) is 0 Å². The van der Waals surface area contributed by atoms with Gasteiger partial charge in [-0.2, -0.15) is 0 Å². The largest absolute Gasteiger partial charge is 0.332 e. The quantitative estimate of drug-likeness (QED) is 0.862. The van der Waals surface area contributed by atoms with Gasteiger partial charge in [-0.1, -0.05) is 12.1 Å². The standard InChI is InChI=1S/C18H23N3OS/c1-20(13-9-10-13)12-17(22)21-11-5-4-7-15(21)18-19-14-6-2-3-8-16(14)23-18/h2-3,6,8,13,15H,4-5,7,9-12H2,1H3. The Labute approximate surface area is 141 Å². The van der Waals surface area contributed by atoms with Gasteiger partial charge in [0, 0.05) is 12.6 Å². The summed E-state index contributed by atoms with van der Waals surface area (Å²) in [7, 11) is 2.08. The first kappa shape index (κ1) is 15.1. The molecule has 1 atom stereocenters. The van der Waals surface area contributed by atoms with E-state index in [2.05, 4.69) is 35.0 Å². The van der Waals surface area contributed by atoms with Crippen molar-refractivity contribution >= 4 is 27.5 Å². The maximum absolute atomic E-state index is 12.8. The van der Waals surface area contributed by atoms with Gasteiger partial charge in [-0.25, -0.2) is 4.98 Å². The summed E-state index contributed by atoms with van der Waals surface area (Å²) in [5.41, 5.74) is 1.06. The summed E-state index contributed by atoms with van der Waals surface area (Å²) in [6.07, 6.45) is 5.82. The molecule has 0 spiro atoms. The van der Waals surface area contributed by atoms with Crippen molar-refractivity contribution in [3.63, 3.8) is 0 Å². The summed E-state index contributed by atoms with van der Waals surface area (Å²) in [6, 6.07) is 9.06. The molecule has 0 N–H and O–H groups in total. The van der Waals surface area contributed by atoms with Gasteiger partial charge in [0.1, 0.15) is 5.01 Å². The Balaban J connectivity index is 1.55. The SMILES string of the molecule is CN(CC(=O)N1CCCCC1c1nc2ccccc2s1)C1CC1. The van der Waals surface area contributed by atoms with E-state index in [-0.39, 0.29) is 11.9 Å². The van der Waals surface area contributed by atoms with Crippen molar-refractivity contribution in [2.24, 2.45) is 0 Å². The van der Waals surface area contributed by atoms with Gasteiger partial charge >= 0.3 is 0 Å². The predicted molar refractivity (Wildman–Crippen MR) is 93.6 cm³/mol. The molecule has 2 fully saturated rings. The molecule has 122 valence electrons. The lowest BCUT2D eigenvalue weighted by molar-refractivity contribution is -0.136. The zero-order valence-electron chi connectivity index (χ0n) is 13.6. The molecule has 4 nitrogen and oxygen atoms in total. The molecule has 1 aliphatic heterocycles. The van der Waals surface area contributed by atoms with E-state index in [9.17, 15) is 4.79 Å². The number of para-hydroxylation sites is 1. The summed E-state index contributed by atoms with van der Waals surface area (Å²) >= 11 is 1.74. The lowest BCUT2D eigenvalue weighted by Gasteiger charge is -2.35. The van der Waals surface area contributed by atoms with Crippen molar-refractivity contribution in [2.45, 2.75) is 44.2 Å². The average Bonchev–Trinajstić information content (AvgIpc) is 3.33. The number of likely N-dealkylation sites (tertiary alicyclic amines) is 1. The number of carbonyl (C=O) groups is 1. The summed E-state index contributed by atoms with van der Waals surface area (Å²) < 4.78 is 1.22. The molecule has 1 aliphatic carbocycles. The number of amides is 1.